The molecule has 2 fully saturated rings. The Morgan fingerprint density at radius 1 is 1.17 bits per heavy atom. The number of likely N-dealkylation sites (tertiary alicyclic amines) is 1. The number of aromatic nitrogens is 3. The van der Waals surface area contributed by atoms with Crippen molar-refractivity contribution in [1.29, 1.82) is 0 Å². The summed E-state index contributed by atoms with van der Waals surface area (Å²) >= 11 is 0. The van der Waals surface area contributed by atoms with Gasteiger partial charge in [0.25, 0.3) is 0 Å². The molecule has 0 radical (unpaired) electrons. The van der Waals surface area contributed by atoms with Gasteiger partial charge in [0, 0.05) is 31.4 Å². The van der Waals surface area contributed by atoms with Crippen LogP contribution in [-0.2, 0) is 16.1 Å². The van der Waals surface area contributed by atoms with E-state index >= 15 is 0 Å². The predicted molar refractivity (Wildman–Crippen MR) is 113 cm³/mol. The number of anilines is 1. The van der Waals surface area contributed by atoms with Gasteiger partial charge in [0.2, 0.25) is 11.7 Å². The lowest BCUT2D eigenvalue weighted by Gasteiger charge is -2.30. The summed E-state index contributed by atoms with van der Waals surface area (Å²) in [6.45, 7) is 6.54. The molecule has 0 amide bonds. The largest absolute Gasteiger partial charge is 0.466 e. The van der Waals surface area contributed by atoms with E-state index in [0.717, 1.165) is 43.9 Å². The highest BCUT2D eigenvalue weighted by molar-refractivity contribution is 5.72. The van der Waals surface area contributed by atoms with Gasteiger partial charge in [-0.05, 0) is 51.3 Å². The zero-order valence-electron chi connectivity index (χ0n) is 17.8. The first-order valence-corrected chi connectivity index (χ1v) is 11.2. The fourth-order valence-electron chi connectivity index (χ4n) is 4.28. The Morgan fingerprint density at radius 2 is 2.00 bits per heavy atom. The maximum atomic E-state index is 12.0. The van der Waals surface area contributed by atoms with E-state index in [1.807, 2.05) is 25.3 Å². The molecule has 4 heterocycles. The minimum absolute atomic E-state index is 0.0724. The summed E-state index contributed by atoms with van der Waals surface area (Å²) in [6.07, 6.45) is 8.73. The third-order valence-electron chi connectivity index (χ3n) is 5.89. The van der Waals surface area contributed by atoms with Gasteiger partial charge in [0.05, 0.1) is 19.1 Å². The Bertz CT molecular complexity index is 814. The van der Waals surface area contributed by atoms with Crippen LogP contribution in [0.25, 0.3) is 11.4 Å². The van der Waals surface area contributed by atoms with Crippen LogP contribution in [0, 0.1) is 5.92 Å². The van der Waals surface area contributed by atoms with E-state index in [1.54, 1.807) is 0 Å². The van der Waals surface area contributed by atoms with Crippen molar-refractivity contribution in [3.63, 3.8) is 0 Å². The zero-order chi connectivity index (χ0) is 20.8. The van der Waals surface area contributed by atoms with Crippen molar-refractivity contribution in [3.05, 3.63) is 24.2 Å². The smallest absolute Gasteiger partial charge is 0.310 e. The highest BCUT2D eigenvalue weighted by Crippen LogP contribution is 2.23. The van der Waals surface area contributed by atoms with Gasteiger partial charge in [-0.2, -0.15) is 4.98 Å². The Kier molecular flexibility index (Phi) is 6.94. The van der Waals surface area contributed by atoms with Crippen molar-refractivity contribution in [1.82, 2.24) is 20.0 Å². The normalized spacial score (nSPS) is 20.7. The number of ether oxygens (including phenoxy) is 1. The second-order valence-electron chi connectivity index (χ2n) is 8.14. The first kappa shape index (κ1) is 20.8. The predicted octanol–water partition coefficient (Wildman–Crippen LogP) is 3.29. The minimum atomic E-state index is -0.107. The number of hydrogen-bond acceptors (Lipinski definition) is 8. The molecule has 8 nitrogen and oxygen atoms in total. The molecule has 0 aliphatic carbocycles. The molecule has 2 saturated heterocycles. The molecule has 2 aromatic rings. The SMILES string of the molecule is CCOC(=O)[C@@H]1CCCN(Cc2nc(-c3ccc(N4CCCCCC4)nc3)no2)C1. The van der Waals surface area contributed by atoms with Crippen LogP contribution < -0.4 is 4.90 Å². The molecule has 30 heavy (non-hydrogen) atoms. The molecule has 2 aliphatic heterocycles. The monoisotopic (exact) mass is 413 g/mol. The second kappa shape index (κ2) is 10.0. The molecule has 4 rings (SSSR count). The Hall–Kier alpha value is -2.48. The molecule has 2 aromatic heterocycles. The maximum absolute atomic E-state index is 12.0. The molecule has 0 N–H and O–H groups in total. The molecule has 0 aromatic carbocycles. The second-order valence-corrected chi connectivity index (χ2v) is 8.14. The van der Waals surface area contributed by atoms with Gasteiger partial charge in [-0.25, -0.2) is 4.98 Å². The standard InChI is InChI=1S/C22H31N5O3/c1-2-29-22(28)18-8-7-11-26(15-18)16-20-24-21(25-30-20)17-9-10-19(23-14-17)27-12-5-3-4-6-13-27/h9-10,14,18H,2-8,11-13,15-16H2,1H3/t18-/m1/s1. The molecule has 2 aliphatic rings. The van der Waals surface area contributed by atoms with Crippen molar-refractivity contribution < 1.29 is 14.1 Å². The molecular formula is C22H31N5O3. The number of piperidine rings is 1. The van der Waals surface area contributed by atoms with E-state index in [4.69, 9.17) is 9.26 Å². The average molecular weight is 414 g/mol. The first-order chi connectivity index (χ1) is 14.7. The lowest BCUT2D eigenvalue weighted by atomic mass is 9.98. The summed E-state index contributed by atoms with van der Waals surface area (Å²) in [6, 6.07) is 4.06. The third kappa shape index (κ3) is 5.16. The van der Waals surface area contributed by atoms with Crippen LogP contribution in [0.4, 0.5) is 5.82 Å². The molecule has 0 saturated carbocycles. The minimum Gasteiger partial charge on any atom is -0.466 e. The number of pyridine rings is 1. The molecule has 0 unspecified atom stereocenters. The maximum Gasteiger partial charge on any atom is 0.310 e. The fourth-order valence-corrected chi connectivity index (χ4v) is 4.28. The molecule has 8 heteroatoms. The first-order valence-electron chi connectivity index (χ1n) is 11.2. The molecule has 162 valence electrons. The van der Waals surface area contributed by atoms with Gasteiger partial charge in [-0.1, -0.05) is 18.0 Å². The van der Waals surface area contributed by atoms with E-state index in [1.165, 1.54) is 25.7 Å². The van der Waals surface area contributed by atoms with Gasteiger partial charge < -0.3 is 14.2 Å². The van der Waals surface area contributed by atoms with E-state index in [9.17, 15) is 4.79 Å². The van der Waals surface area contributed by atoms with Crippen LogP contribution in [0.3, 0.4) is 0 Å². The van der Waals surface area contributed by atoms with E-state index in [-0.39, 0.29) is 11.9 Å². The Balaban J connectivity index is 1.36. The summed E-state index contributed by atoms with van der Waals surface area (Å²) in [4.78, 5) is 25.8. The van der Waals surface area contributed by atoms with Crippen LogP contribution in [-0.4, -0.2) is 58.8 Å². The van der Waals surface area contributed by atoms with Crippen LogP contribution in [0.2, 0.25) is 0 Å². The highest BCUT2D eigenvalue weighted by Gasteiger charge is 2.27. The molecule has 1 atom stereocenters. The topological polar surface area (TPSA) is 84.6 Å². The lowest BCUT2D eigenvalue weighted by molar-refractivity contribution is -0.150. The van der Waals surface area contributed by atoms with Crippen LogP contribution in [0.15, 0.2) is 22.9 Å². The van der Waals surface area contributed by atoms with Gasteiger partial charge >= 0.3 is 5.97 Å². The number of carbonyl (C=O) groups excluding carboxylic acids is 1. The third-order valence-corrected chi connectivity index (χ3v) is 5.89. The van der Waals surface area contributed by atoms with E-state index < -0.39 is 0 Å². The molecule has 0 bridgehead atoms. The highest BCUT2D eigenvalue weighted by atomic mass is 16.5. The summed E-state index contributed by atoms with van der Waals surface area (Å²) in [5, 5.41) is 4.13. The summed E-state index contributed by atoms with van der Waals surface area (Å²) in [5.74, 6) is 1.95. The van der Waals surface area contributed by atoms with Crippen molar-refractivity contribution in [2.75, 3.05) is 37.7 Å². The van der Waals surface area contributed by atoms with Crippen molar-refractivity contribution >= 4 is 11.8 Å². The van der Waals surface area contributed by atoms with Crippen LogP contribution in [0.1, 0.15) is 51.3 Å². The van der Waals surface area contributed by atoms with Gasteiger partial charge in [-0.3, -0.25) is 9.69 Å². The summed E-state index contributed by atoms with van der Waals surface area (Å²) in [5.41, 5.74) is 0.853. The number of rotatable bonds is 6. The number of esters is 1. The van der Waals surface area contributed by atoms with Crippen LogP contribution in [0.5, 0.6) is 0 Å². The Morgan fingerprint density at radius 3 is 2.73 bits per heavy atom. The van der Waals surface area contributed by atoms with Gasteiger partial charge in [0.1, 0.15) is 5.82 Å². The van der Waals surface area contributed by atoms with Crippen LogP contribution >= 0.6 is 0 Å². The average Bonchev–Trinajstić information content (AvgIpc) is 3.06. The number of carbonyl (C=O) groups is 1. The van der Waals surface area contributed by atoms with Crippen molar-refractivity contribution in [3.8, 4) is 11.4 Å². The molecule has 0 spiro atoms. The number of hydrogen-bond donors (Lipinski definition) is 0. The summed E-state index contributed by atoms with van der Waals surface area (Å²) in [7, 11) is 0. The Labute approximate surface area is 177 Å². The van der Waals surface area contributed by atoms with E-state index in [2.05, 4.69) is 24.9 Å². The van der Waals surface area contributed by atoms with Crippen molar-refractivity contribution in [2.24, 2.45) is 5.92 Å². The van der Waals surface area contributed by atoms with Gasteiger partial charge in [-0.15, -0.1) is 0 Å². The fraction of sp³-hybridized carbons (Fsp3) is 0.636. The molecular weight excluding hydrogens is 382 g/mol. The van der Waals surface area contributed by atoms with Gasteiger partial charge in [0.15, 0.2) is 0 Å². The lowest BCUT2D eigenvalue weighted by Crippen LogP contribution is -2.39. The summed E-state index contributed by atoms with van der Waals surface area (Å²) < 4.78 is 10.6. The van der Waals surface area contributed by atoms with Crippen molar-refractivity contribution in [2.45, 2.75) is 52.0 Å². The van der Waals surface area contributed by atoms with E-state index in [0.29, 0.717) is 31.4 Å². The quantitative estimate of drug-likeness (QED) is 0.667. The zero-order valence-corrected chi connectivity index (χ0v) is 17.8. The number of nitrogens with zero attached hydrogens (tertiary/aromatic N) is 5.